The molecule has 5 heteroatoms. The van der Waals surface area contributed by atoms with Gasteiger partial charge in [0.2, 0.25) is 0 Å². The maximum absolute atomic E-state index is 13.4. The van der Waals surface area contributed by atoms with Crippen LogP contribution in [-0.4, -0.2) is 25.9 Å². The second-order valence-electron chi connectivity index (χ2n) is 3.40. The molecule has 0 saturated heterocycles. The Bertz CT molecular complexity index is 352. The molecular formula is C11H14F2O3. The summed E-state index contributed by atoms with van der Waals surface area (Å²) in [5.74, 6) is -2.29. The van der Waals surface area contributed by atoms with Crippen LogP contribution in [0.1, 0.15) is 18.4 Å². The Morgan fingerprint density at radius 2 is 1.62 bits per heavy atom. The lowest BCUT2D eigenvalue weighted by atomic mass is 9.99. The first-order valence-corrected chi connectivity index (χ1v) is 4.77. The average molecular weight is 232 g/mol. The van der Waals surface area contributed by atoms with Crippen LogP contribution >= 0.6 is 0 Å². The molecule has 0 spiro atoms. The number of hydrogen-bond acceptors (Lipinski definition) is 3. The third-order valence-electron chi connectivity index (χ3n) is 2.35. The summed E-state index contributed by atoms with van der Waals surface area (Å²) in [6.45, 7) is 1.37. The van der Waals surface area contributed by atoms with Gasteiger partial charge in [-0.1, -0.05) is 6.92 Å². The van der Waals surface area contributed by atoms with Crippen molar-refractivity contribution in [2.75, 3.05) is 20.8 Å². The first-order valence-electron chi connectivity index (χ1n) is 4.77. The van der Waals surface area contributed by atoms with Gasteiger partial charge in [0.25, 0.3) is 0 Å². The van der Waals surface area contributed by atoms with Crippen LogP contribution in [0.2, 0.25) is 0 Å². The van der Waals surface area contributed by atoms with Gasteiger partial charge in [0.05, 0.1) is 14.2 Å². The Kier molecular flexibility index (Phi) is 4.06. The van der Waals surface area contributed by atoms with Gasteiger partial charge >= 0.3 is 0 Å². The molecule has 1 aromatic rings. The van der Waals surface area contributed by atoms with Crippen LogP contribution in [0.4, 0.5) is 8.78 Å². The van der Waals surface area contributed by atoms with E-state index >= 15 is 0 Å². The number of rotatable bonds is 4. The molecule has 1 atom stereocenters. The fourth-order valence-electron chi connectivity index (χ4n) is 1.56. The molecule has 0 fully saturated rings. The maximum atomic E-state index is 13.4. The zero-order valence-electron chi connectivity index (χ0n) is 9.38. The summed E-state index contributed by atoms with van der Waals surface area (Å²) in [5, 5.41) is 9.05. The van der Waals surface area contributed by atoms with Crippen molar-refractivity contribution in [3.63, 3.8) is 0 Å². The molecule has 0 radical (unpaired) electrons. The fourth-order valence-corrected chi connectivity index (χ4v) is 1.56. The predicted octanol–water partition coefficient (Wildman–Crippen LogP) is 2.08. The van der Waals surface area contributed by atoms with Crippen LogP contribution in [0.15, 0.2) is 6.07 Å². The molecule has 1 unspecified atom stereocenters. The molecule has 0 bridgehead atoms. The van der Waals surface area contributed by atoms with Crippen molar-refractivity contribution in [2.45, 2.75) is 12.8 Å². The highest BCUT2D eigenvalue weighted by molar-refractivity contribution is 5.49. The first-order chi connectivity index (χ1) is 7.56. The van der Waals surface area contributed by atoms with Gasteiger partial charge in [-0.3, -0.25) is 0 Å². The molecule has 1 aromatic carbocycles. The second-order valence-corrected chi connectivity index (χ2v) is 3.40. The monoisotopic (exact) mass is 232 g/mol. The lowest BCUT2D eigenvalue weighted by molar-refractivity contribution is 0.262. The normalized spacial score (nSPS) is 12.4. The number of halogens is 2. The molecule has 3 nitrogen and oxygen atoms in total. The van der Waals surface area contributed by atoms with E-state index in [0.717, 1.165) is 0 Å². The van der Waals surface area contributed by atoms with Gasteiger partial charge in [0, 0.05) is 24.2 Å². The number of methoxy groups -OCH3 is 2. The number of ether oxygens (including phenoxy) is 2. The number of benzene rings is 1. The quantitative estimate of drug-likeness (QED) is 0.863. The highest BCUT2D eigenvalue weighted by Gasteiger charge is 2.24. The molecule has 0 saturated carbocycles. The van der Waals surface area contributed by atoms with E-state index in [2.05, 4.69) is 0 Å². The third kappa shape index (κ3) is 2.09. The van der Waals surface area contributed by atoms with Crippen molar-refractivity contribution in [3.05, 3.63) is 23.3 Å². The van der Waals surface area contributed by atoms with Crippen molar-refractivity contribution in [1.82, 2.24) is 0 Å². The van der Waals surface area contributed by atoms with E-state index in [9.17, 15) is 8.78 Å². The van der Waals surface area contributed by atoms with Gasteiger partial charge in [0.1, 0.15) is 0 Å². The Hall–Kier alpha value is -1.36. The zero-order valence-corrected chi connectivity index (χ0v) is 9.38. The molecule has 1 N–H and O–H groups in total. The van der Waals surface area contributed by atoms with Crippen LogP contribution in [0.3, 0.4) is 0 Å². The number of hydrogen-bond donors (Lipinski definition) is 1. The Morgan fingerprint density at radius 1 is 1.19 bits per heavy atom. The van der Waals surface area contributed by atoms with E-state index in [4.69, 9.17) is 14.6 Å². The van der Waals surface area contributed by atoms with E-state index in [0.29, 0.717) is 6.07 Å². The molecule has 16 heavy (non-hydrogen) atoms. The topological polar surface area (TPSA) is 38.7 Å². The summed E-state index contributed by atoms with van der Waals surface area (Å²) in [6, 6.07) is 0.700. The van der Waals surface area contributed by atoms with E-state index in [1.54, 1.807) is 6.92 Å². The van der Waals surface area contributed by atoms with Gasteiger partial charge in [-0.2, -0.15) is 0 Å². The zero-order chi connectivity index (χ0) is 12.3. The van der Waals surface area contributed by atoms with Crippen LogP contribution in [0, 0.1) is 11.6 Å². The lowest BCUT2D eigenvalue weighted by Crippen LogP contribution is -2.08. The van der Waals surface area contributed by atoms with Crippen LogP contribution in [0.5, 0.6) is 11.5 Å². The van der Waals surface area contributed by atoms with E-state index in [-0.39, 0.29) is 23.7 Å². The SMILES string of the molecule is COc1c(F)cc(F)c(OC)c1C(C)CO. The summed E-state index contributed by atoms with van der Waals surface area (Å²) in [7, 11) is 2.56. The molecule has 0 aliphatic carbocycles. The Morgan fingerprint density at radius 3 is 1.94 bits per heavy atom. The first kappa shape index (κ1) is 12.7. The second kappa shape index (κ2) is 5.12. The van der Waals surface area contributed by atoms with Gasteiger partial charge < -0.3 is 14.6 Å². The van der Waals surface area contributed by atoms with E-state index < -0.39 is 17.6 Å². The fraction of sp³-hybridized carbons (Fsp3) is 0.455. The molecule has 0 aliphatic rings. The summed E-state index contributed by atoms with van der Waals surface area (Å²) < 4.78 is 36.6. The molecule has 90 valence electrons. The molecule has 0 aliphatic heterocycles. The lowest BCUT2D eigenvalue weighted by Gasteiger charge is -2.18. The molecule has 0 heterocycles. The smallest absolute Gasteiger partial charge is 0.168 e. The molecule has 0 aromatic heterocycles. The van der Waals surface area contributed by atoms with Gasteiger partial charge in [-0.25, -0.2) is 8.78 Å². The van der Waals surface area contributed by atoms with Gasteiger partial charge in [-0.05, 0) is 0 Å². The summed E-state index contributed by atoms with van der Waals surface area (Å²) >= 11 is 0. The number of aliphatic hydroxyl groups is 1. The van der Waals surface area contributed by atoms with Crippen LogP contribution in [0.25, 0.3) is 0 Å². The molecule has 0 amide bonds. The maximum Gasteiger partial charge on any atom is 0.168 e. The summed E-state index contributed by atoms with van der Waals surface area (Å²) in [4.78, 5) is 0. The average Bonchev–Trinajstić information content (AvgIpc) is 2.27. The highest BCUT2D eigenvalue weighted by Crippen LogP contribution is 2.38. The summed E-state index contributed by atoms with van der Waals surface area (Å²) in [5.41, 5.74) is 0.199. The minimum absolute atomic E-state index is 0.0974. The standard InChI is InChI=1S/C11H14F2O3/c1-6(5-14)9-10(15-2)7(12)4-8(13)11(9)16-3/h4,6,14H,5H2,1-3H3. The van der Waals surface area contributed by atoms with Crippen molar-refractivity contribution in [3.8, 4) is 11.5 Å². The third-order valence-corrected chi connectivity index (χ3v) is 2.35. The Labute approximate surface area is 92.6 Å². The minimum atomic E-state index is -0.809. The minimum Gasteiger partial charge on any atom is -0.493 e. The van der Waals surface area contributed by atoms with Crippen molar-refractivity contribution in [1.29, 1.82) is 0 Å². The predicted molar refractivity (Wildman–Crippen MR) is 55.0 cm³/mol. The van der Waals surface area contributed by atoms with Crippen LogP contribution in [-0.2, 0) is 0 Å². The Balaban J connectivity index is 3.48. The van der Waals surface area contributed by atoms with Gasteiger partial charge in [-0.15, -0.1) is 0 Å². The van der Waals surface area contributed by atoms with Gasteiger partial charge in [0.15, 0.2) is 23.1 Å². The largest absolute Gasteiger partial charge is 0.493 e. The number of aliphatic hydroxyl groups excluding tert-OH is 1. The van der Waals surface area contributed by atoms with E-state index in [1.807, 2.05) is 0 Å². The molecule has 1 rings (SSSR count). The highest BCUT2D eigenvalue weighted by atomic mass is 19.1. The van der Waals surface area contributed by atoms with E-state index in [1.165, 1.54) is 14.2 Å². The summed E-state index contributed by atoms with van der Waals surface area (Å²) in [6.07, 6.45) is 0. The molecular weight excluding hydrogens is 218 g/mol. The van der Waals surface area contributed by atoms with Crippen LogP contribution < -0.4 is 9.47 Å². The van der Waals surface area contributed by atoms with Crippen molar-refractivity contribution < 1.29 is 23.4 Å². The van der Waals surface area contributed by atoms with Crippen molar-refractivity contribution >= 4 is 0 Å². The van der Waals surface area contributed by atoms with Crippen molar-refractivity contribution in [2.24, 2.45) is 0 Å².